The largest absolute Gasteiger partial charge is 0.403 e. The fourth-order valence-corrected chi connectivity index (χ4v) is 2.54. The number of carbonyl (C=O) groups excluding carboxylic acids is 1. The maximum atomic E-state index is 11.9. The van der Waals surface area contributed by atoms with Crippen molar-refractivity contribution in [1.29, 1.82) is 0 Å². The van der Waals surface area contributed by atoms with Gasteiger partial charge in [-0.25, -0.2) is 9.79 Å². The van der Waals surface area contributed by atoms with Gasteiger partial charge in [0, 0.05) is 22.7 Å². The summed E-state index contributed by atoms with van der Waals surface area (Å²) >= 11 is 3.37. The summed E-state index contributed by atoms with van der Waals surface area (Å²) in [6.45, 7) is 0. The van der Waals surface area contributed by atoms with Gasteiger partial charge in [-0.1, -0.05) is 28.1 Å². The number of carbonyl (C=O) groups is 1. The third-order valence-electron chi connectivity index (χ3n) is 3.31. The molecule has 2 aromatic carbocycles. The molecular formula is C18H11BrN2O4. The van der Waals surface area contributed by atoms with E-state index >= 15 is 0 Å². The SMILES string of the molecule is O=C1OC(C=Cc2ccc([N+](=O)[O-])cc2)=NC1=Cc1cccc(Br)c1. The molecule has 25 heavy (non-hydrogen) atoms. The number of halogens is 1. The lowest BCUT2D eigenvalue weighted by atomic mass is 10.2. The normalized spacial score (nSPS) is 15.5. The van der Waals surface area contributed by atoms with Gasteiger partial charge in [0.05, 0.1) is 4.92 Å². The molecule has 0 saturated carbocycles. The monoisotopic (exact) mass is 398 g/mol. The molecular weight excluding hydrogens is 388 g/mol. The Morgan fingerprint density at radius 1 is 1.08 bits per heavy atom. The highest BCUT2D eigenvalue weighted by Crippen LogP contribution is 2.19. The van der Waals surface area contributed by atoms with Gasteiger partial charge >= 0.3 is 5.97 Å². The van der Waals surface area contributed by atoms with Crippen LogP contribution in [0.4, 0.5) is 5.69 Å². The number of nitrogens with zero attached hydrogens (tertiary/aromatic N) is 2. The van der Waals surface area contributed by atoms with E-state index < -0.39 is 10.9 Å². The van der Waals surface area contributed by atoms with Crippen molar-refractivity contribution in [3.05, 3.63) is 86.0 Å². The van der Waals surface area contributed by atoms with Gasteiger partial charge in [0.2, 0.25) is 5.90 Å². The van der Waals surface area contributed by atoms with E-state index in [0.29, 0.717) is 0 Å². The third-order valence-corrected chi connectivity index (χ3v) is 3.80. The Balaban J connectivity index is 1.77. The van der Waals surface area contributed by atoms with E-state index in [2.05, 4.69) is 20.9 Å². The second kappa shape index (κ2) is 7.23. The highest BCUT2D eigenvalue weighted by molar-refractivity contribution is 9.10. The minimum absolute atomic E-state index is 0.0148. The molecule has 0 fully saturated rings. The number of nitro groups is 1. The molecule has 0 aliphatic carbocycles. The lowest BCUT2D eigenvalue weighted by Crippen LogP contribution is -2.01. The zero-order chi connectivity index (χ0) is 17.8. The zero-order valence-electron chi connectivity index (χ0n) is 12.8. The average molecular weight is 399 g/mol. The Hall–Kier alpha value is -3.06. The van der Waals surface area contributed by atoms with Gasteiger partial charge in [-0.05, 0) is 47.5 Å². The number of hydrogen-bond donors (Lipinski definition) is 0. The predicted octanol–water partition coefficient (Wildman–Crippen LogP) is 4.37. The lowest BCUT2D eigenvalue weighted by molar-refractivity contribution is -0.384. The van der Waals surface area contributed by atoms with Crippen LogP contribution in [0.5, 0.6) is 0 Å². The molecule has 7 heteroatoms. The summed E-state index contributed by atoms with van der Waals surface area (Å²) in [4.78, 5) is 26.2. The van der Waals surface area contributed by atoms with E-state index in [1.54, 1.807) is 30.4 Å². The summed E-state index contributed by atoms with van der Waals surface area (Å²) < 4.78 is 5.99. The first-order valence-corrected chi connectivity index (χ1v) is 8.01. The van der Waals surface area contributed by atoms with Crippen molar-refractivity contribution < 1.29 is 14.5 Å². The highest BCUT2D eigenvalue weighted by atomic mass is 79.9. The topological polar surface area (TPSA) is 81.8 Å². The fourth-order valence-electron chi connectivity index (χ4n) is 2.13. The van der Waals surface area contributed by atoms with Gasteiger partial charge in [0.25, 0.3) is 5.69 Å². The number of aliphatic imine (C=N–C) groups is 1. The predicted molar refractivity (Wildman–Crippen MR) is 97.8 cm³/mol. The van der Waals surface area contributed by atoms with E-state index in [1.807, 2.05) is 24.3 Å². The second-order valence-corrected chi connectivity index (χ2v) is 6.02. The first-order chi connectivity index (χ1) is 12.0. The molecule has 0 spiro atoms. The van der Waals surface area contributed by atoms with Crippen molar-refractivity contribution in [3.63, 3.8) is 0 Å². The van der Waals surface area contributed by atoms with Crippen LogP contribution in [-0.2, 0) is 9.53 Å². The molecule has 0 aromatic heterocycles. The third kappa shape index (κ3) is 4.27. The molecule has 0 radical (unpaired) electrons. The number of cyclic esters (lactones) is 1. The summed E-state index contributed by atoms with van der Waals surface area (Å²) in [6, 6.07) is 13.5. The zero-order valence-corrected chi connectivity index (χ0v) is 14.3. The summed E-state index contributed by atoms with van der Waals surface area (Å²) in [5.41, 5.74) is 1.78. The molecule has 0 saturated heterocycles. The van der Waals surface area contributed by atoms with Crippen molar-refractivity contribution in [2.45, 2.75) is 0 Å². The number of hydrogen-bond acceptors (Lipinski definition) is 5. The number of non-ortho nitro benzene ring substituents is 1. The van der Waals surface area contributed by atoms with Gasteiger partial charge in [0.15, 0.2) is 5.70 Å². The summed E-state index contributed by atoms with van der Waals surface area (Å²) in [5.74, 6) is -0.354. The van der Waals surface area contributed by atoms with Crippen molar-refractivity contribution in [2.75, 3.05) is 0 Å². The molecule has 0 N–H and O–H groups in total. The van der Waals surface area contributed by atoms with E-state index in [9.17, 15) is 14.9 Å². The minimum atomic E-state index is -0.525. The van der Waals surface area contributed by atoms with Gasteiger partial charge < -0.3 is 4.74 Å². The van der Waals surface area contributed by atoms with Gasteiger partial charge in [-0.15, -0.1) is 0 Å². The Labute approximate surface area is 151 Å². The first-order valence-electron chi connectivity index (χ1n) is 7.22. The maximum Gasteiger partial charge on any atom is 0.363 e. The molecule has 3 rings (SSSR count). The molecule has 0 amide bonds. The summed E-state index contributed by atoms with van der Waals surface area (Å²) in [6.07, 6.45) is 4.85. The number of ether oxygens (including phenoxy) is 1. The van der Waals surface area contributed by atoms with Crippen LogP contribution in [0.2, 0.25) is 0 Å². The smallest absolute Gasteiger partial charge is 0.363 e. The number of nitro benzene ring substituents is 1. The van der Waals surface area contributed by atoms with Crippen molar-refractivity contribution >= 4 is 45.6 Å². The standard InChI is InChI=1S/C18H11BrN2O4/c19-14-3-1-2-13(10-14)11-16-18(22)25-17(20-16)9-6-12-4-7-15(8-5-12)21(23)24/h1-11H. The number of esters is 1. The van der Waals surface area contributed by atoms with Crippen LogP contribution in [0.25, 0.3) is 12.2 Å². The van der Waals surface area contributed by atoms with E-state index in [1.165, 1.54) is 12.1 Å². The molecule has 1 heterocycles. The van der Waals surface area contributed by atoms with Gasteiger partial charge in [-0.3, -0.25) is 10.1 Å². The van der Waals surface area contributed by atoms with Crippen molar-refractivity contribution in [2.24, 2.45) is 4.99 Å². The Bertz CT molecular complexity index is 930. The van der Waals surface area contributed by atoms with Crippen LogP contribution in [-0.4, -0.2) is 16.8 Å². The summed E-state index contributed by atoms with van der Waals surface area (Å²) in [5, 5.41) is 10.6. The average Bonchev–Trinajstić information content (AvgIpc) is 2.93. The lowest BCUT2D eigenvalue weighted by Gasteiger charge is -1.95. The van der Waals surface area contributed by atoms with Gasteiger partial charge in [0.1, 0.15) is 0 Å². The Morgan fingerprint density at radius 3 is 2.52 bits per heavy atom. The van der Waals surface area contributed by atoms with E-state index in [-0.39, 0.29) is 17.3 Å². The molecule has 0 unspecified atom stereocenters. The Kier molecular flexibility index (Phi) is 4.85. The quantitative estimate of drug-likeness (QED) is 0.331. The number of rotatable bonds is 4. The molecule has 1 aliphatic heterocycles. The van der Waals surface area contributed by atoms with Crippen molar-refractivity contribution in [3.8, 4) is 0 Å². The van der Waals surface area contributed by atoms with Crippen LogP contribution >= 0.6 is 15.9 Å². The minimum Gasteiger partial charge on any atom is -0.403 e. The maximum absolute atomic E-state index is 11.9. The van der Waals surface area contributed by atoms with Crippen LogP contribution < -0.4 is 0 Å². The molecule has 0 bridgehead atoms. The van der Waals surface area contributed by atoms with Crippen LogP contribution in [0, 0.1) is 10.1 Å². The van der Waals surface area contributed by atoms with Crippen LogP contribution in [0.1, 0.15) is 11.1 Å². The van der Waals surface area contributed by atoms with Crippen LogP contribution in [0.3, 0.4) is 0 Å². The summed E-state index contributed by atoms with van der Waals surface area (Å²) in [7, 11) is 0. The van der Waals surface area contributed by atoms with Gasteiger partial charge in [-0.2, -0.15) is 0 Å². The molecule has 6 nitrogen and oxygen atoms in total. The molecule has 0 atom stereocenters. The van der Waals surface area contributed by atoms with E-state index in [4.69, 9.17) is 4.74 Å². The highest BCUT2D eigenvalue weighted by Gasteiger charge is 2.21. The Morgan fingerprint density at radius 2 is 1.84 bits per heavy atom. The van der Waals surface area contributed by atoms with Crippen molar-refractivity contribution in [1.82, 2.24) is 0 Å². The van der Waals surface area contributed by atoms with Crippen LogP contribution in [0.15, 0.2) is 69.8 Å². The second-order valence-electron chi connectivity index (χ2n) is 5.11. The molecule has 2 aromatic rings. The fraction of sp³-hybridized carbons (Fsp3) is 0. The molecule has 1 aliphatic rings. The first kappa shape index (κ1) is 16.8. The van der Waals surface area contributed by atoms with E-state index in [0.717, 1.165) is 15.6 Å². The number of benzene rings is 2. The molecule has 124 valence electrons.